The third-order valence-electron chi connectivity index (χ3n) is 4.04. The number of aryl methyl sites for hydroxylation is 1. The Morgan fingerprint density at radius 2 is 1.62 bits per heavy atom. The molecule has 5 heteroatoms. The number of unbranched alkanes of at least 4 members (excludes halogenated alkanes) is 1. The number of halogens is 3. The first-order valence-corrected chi connectivity index (χ1v) is 7.80. The smallest absolute Gasteiger partial charge is 0.258 e. The Kier molecular flexibility index (Phi) is 4.42. The molecular formula is C19H16F3NO. The summed E-state index contributed by atoms with van der Waals surface area (Å²) in [5.41, 5.74) is 0.554. The lowest BCUT2D eigenvalue weighted by Gasteiger charge is -2.13. The molecule has 1 aromatic heterocycles. The highest BCUT2D eigenvalue weighted by atomic mass is 19.2. The Balaban J connectivity index is 2.31. The molecule has 3 aromatic rings. The Bertz CT molecular complexity index is 939. The predicted octanol–water partition coefficient (Wildman–Crippen LogP) is 4.89. The van der Waals surface area contributed by atoms with Gasteiger partial charge in [-0.25, -0.2) is 13.2 Å². The summed E-state index contributed by atoms with van der Waals surface area (Å²) < 4.78 is 42.0. The fourth-order valence-corrected chi connectivity index (χ4v) is 2.78. The van der Waals surface area contributed by atoms with E-state index in [0.29, 0.717) is 22.9 Å². The quantitative estimate of drug-likeness (QED) is 0.624. The number of hydrogen-bond donors (Lipinski definition) is 0. The molecule has 1 heterocycles. The largest absolute Gasteiger partial charge is 0.314 e. The number of aromatic nitrogens is 1. The molecule has 0 spiro atoms. The van der Waals surface area contributed by atoms with Crippen LogP contribution in [0.5, 0.6) is 0 Å². The third kappa shape index (κ3) is 2.82. The predicted molar refractivity (Wildman–Crippen MR) is 88.4 cm³/mol. The maximum atomic E-state index is 13.6. The molecule has 0 aliphatic rings. The van der Waals surface area contributed by atoms with Crippen LogP contribution < -0.4 is 5.56 Å². The summed E-state index contributed by atoms with van der Waals surface area (Å²) in [5.74, 6) is -4.00. The minimum atomic E-state index is -1.50. The molecule has 24 heavy (non-hydrogen) atoms. The van der Waals surface area contributed by atoms with Gasteiger partial charge in [-0.3, -0.25) is 4.79 Å². The highest BCUT2D eigenvalue weighted by Gasteiger charge is 2.15. The molecule has 0 unspecified atom stereocenters. The highest BCUT2D eigenvalue weighted by Crippen LogP contribution is 2.29. The molecule has 0 saturated carbocycles. The normalized spacial score (nSPS) is 11.2. The zero-order valence-corrected chi connectivity index (χ0v) is 13.2. The molecule has 0 aliphatic carbocycles. The van der Waals surface area contributed by atoms with Gasteiger partial charge in [0, 0.05) is 23.7 Å². The lowest BCUT2D eigenvalue weighted by molar-refractivity contribution is 0.447. The van der Waals surface area contributed by atoms with Crippen molar-refractivity contribution in [3.8, 4) is 11.1 Å². The summed E-state index contributed by atoms with van der Waals surface area (Å²) in [7, 11) is 0. The van der Waals surface area contributed by atoms with Crippen LogP contribution in [0, 0.1) is 17.5 Å². The number of fused-ring (bicyclic) bond motifs is 1. The standard InChI is InChI=1S/C19H16F3NO/c1-2-3-8-23-11-15(12-9-16(20)18(22)17(21)10-12)13-6-4-5-7-14(13)19(23)24/h4-7,9-11H,2-3,8H2,1H3. The van der Waals surface area contributed by atoms with E-state index in [0.717, 1.165) is 25.0 Å². The summed E-state index contributed by atoms with van der Waals surface area (Å²) >= 11 is 0. The van der Waals surface area contributed by atoms with Crippen molar-refractivity contribution in [3.63, 3.8) is 0 Å². The number of nitrogens with zero attached hydrogens (tertiary/aromatic N) is 1. The summed E-state index contributed by atoms with van der Waals surface area (Å²) in [6, 6.07) is 8.79. The zero-order valence-electron chi connectivity index (χ0n) is 13.2. The second-order valence-electron chi connectivity index (χ2n) is 5.69. The van der Waals surface area contributed by atoms with Crippen molar-refractivity contribution in [3.05, 3.63) is 70.4 Å². The van der Waals surface area contributed by atoms with Gasteiger partial charge in [0.25, 0.3) is 5.56 Å². The van der Waals surface area contributed by atoms with Crippen LogP contribution in [0.4, 0.5) is 13.2 Å². The van der Waals surface area contributed by atoms with Gasteiger partial charge in [-0.05, 0) is 35.6 Å². The second kappa shape index (κ2) is 6.51. The van der Waals surface area contributed by atoms with Crippen LogP contribution in [0.3, 0.4) is 0 Å². The van der Waals surface area contributed by atoms with Crippen LogP contribution in [0.2, 0.25) is 0 Å². The Labute approximate surface area is 137 Å². The minimum Gasteiger partial charge on any atom is -0.314 e. The van der Waals surface area contributed by atoms with E-state index in [1.807, 2.05) is 6.92 Å². The van der Waals surface area contributed by atoms with E-state index in [9.17, 15) is 18.0 Å². The van der Waals surface area contributed by atoms with E-state index in [4.69, 9.17) is 0 Å². The highest BCUT2D eigenvalue weighted by molar-refractivity contribution is 5.95. The summed E-state index contributed by atoms with van der Waals surface area (Å²) in [5, 5.41) is 1.05. The SMILES string of the molecule is CCCCn1cc(-c2cc(F)c(F)c(F)c2)c2ccccc2c1=O. The summed E-state index contributed by atoms with van der Waals surface area (Å²) in [4.78, 5) is 12.6. The lowest BCUT2D eigenvalue weighted by atomic mass is 10.00. The van der Waals surface area contributed by atoms with Gasteiger partial charge in [-0.1, -0.05) is 31.5 Å². The van der Waals surface area contributed by atoms with E-state index >= 15 is 0 Å². The van der Waals surface area contributed by atoms with E-state index in [-0.39, 0.29) is 11.1 Å². The topological polar surface area (TPSA) is 22.0 Å². The Morgan fingerprint density at radius 1 is 1.00 bits per heavy atom. The molecule has 0 fully saturated rings. The maximum Gasteiger partial charge on any atom is 0.258 e. The van der Waals surface area contributed by atoms with Crippen molar-refractivity contribution in [2.45, 2.75) is 26.3 Å². The number of hydrogen-bond acceptors (Lipinski definition) is 1. The molecule has 124 valence electrons. The van der Waals surface area contributed by atoms with Crippen molar-refractivity contribution >= 4 is 10.8 Å². The molecule has 0 aliphatic heterocycles. The van der Waals surface area contributed by atoms with E-state index < -0.39 is 17.5 Å². The molecule has 0 N–H and O–H groups in total. The second-order valence-corrected chi connectivity index (χ2v) is 5.69. The van der Waals surface area contributed by atoms with Crippen molar-refractivity contribution in [2.75, 3.05) is 0 Å². The van der Waals surface area contributed by atoms with Gasteiger partial charge in [0.1, 0.15) is 0 Å². The Morgan fingerprint density at radius 3 is 2.25 bits per heavy atom. The monoisotopic (exact) mass is 331 g/mol. The fourth-order valence-electron chi connectivity index (χ4n) is 2.78. The molecule has 2 aromatic carbocycles. The Hall–Kier alpha value is -2.56. The van der Waals surface area contributed by atoms with Gasteiger partial charge in [-0.2, -0.15) is 0 Å². The van der Waals surface area contributed by atoms with Gasteiger partial charge < -0.3 is 4.57 Å². The lowest BCUT2D eigenvalue weighted by Crippen LogP contribution is -2.20. The van der Waals surface area contributed by atoms with Gasteiger partial charge in [0.05, 0.1) is 0 Å². The molecule has 0 radical (unpaired) electrons. The molecule has 3 rings (SSSR count). The van der Waals surface area contributed by atoms with Crippen LogP contribution in [0.1, 0.15) is 19.8 Å². The zero-order chi connectivity index (χ0) is 17.3. The average Bonchev–Trinajstić information content (AvgIpc) is 2.59. The van der Waals surface area contributed by atoms with E-state index in [1.54, 1.807) is 35.0 Å². The summed E-state index contributed by atoms with van der Waals surface area (Å²) in [6.45, 7) is 2.52. The minimum absolute atomic E-state index is 0.147. The number of benzene rings is 2. The van der Waals surface area contributed by atoms with Crippen molar-refractivity contribution in [1.29, 1.82) is 0 Å². The van der Waals surface area contributed by atoms with Crippen molar-refractivity contribution in [1.82, 2.24) is 4.57 Å². The van der Waals surface area contributed by atoms with Crippen molar-refractivity contribution < 1.29 is 13.2 Å². The molecular weight excluding hydrogens is 315 g/mol. The van der Waals surface area contributed by atoms with E-state index in [2.05, 4.69) is 0 Å². The molecule has 0 bridgehead atoms. The van der Waals surface area contributed by atoms with Crippen LogP contribution in [-0.2, 0) is 6.54 Å². The van der Waals surface area contributed by atoms with Crippen LogP contribution in [0.25, 0.3) is 21.9 Å². The molecule has 0 amide bonds. The van der Waals surface area contributed by atoms with Crippen LogP contribution in [-0.4, -0.2) is 4.57 Å². The van der Waals surface area contributed by atoms with Crippen molar-refractivity contribution in [2.24, 2.45) is 0 Å². The molecule has 0 saturated heterocycles. The number of rotatable bonds is 4. The van der Waals surface area contributed by atoms with Gasteiger partial charge in [-0.15, -0.1) is 0 Å². The van der Waals surface area contributed by atoms with Gasteiger partial charge in [0.2, 0.25) is 0 Å². The molecule has 2 nitrogen and oxygen atoms in total. The first-order chi connectivity index (χ1) is 11.5. The maximum absolute atomic E-state index is 13.6. The average molecular weight is 331 g/mol. The first-order valence-electron chi connectivity index (χ1n) is 7.80. The summed E-state index contributed by atoms with van der Waals surface area (Å²) in [6.07, 6.45) is 3.31. The fraction of sp³-hybridized carbons (Fsp3) is 0.211. The van der Waals surface area contributed by atoms with Crippen LogP contribution in [0.15, 0.2) is 47.4 Å². The first kappa shape index (κ1) is 16.3. The molecule has 0 atom stereocenters. The third-order valence-corrected chi connectivity index (χ3v) is 4.04. The van der Waals surface area contributed by atoms with Crippen LogP contribution >= 0.6 is 0 Å². The van der Waals surface area contributed by atoms with Gasteiger partial charge >= 0.3 is 0 Å². The van der Waals surface area contributed by atoms with E-state index in [1.165, 1.54) is 0 Å². The number of pyridine rings is 1. The van der Waals surface area contributed by atoms with Gasteiger partial charge in [0.15, 0.2) is 17.5 Å².